The molecular formula is C18H17NO6. The third kappa shape index (κ3) is 4.25. The number of aliphatic hydroxyl groups excluding tert-OH is 1. The molecule has 2 N–H and O–H groups in total. The zero-order valence-electron chi connectivity index (χ0n) is 13.6. The molecule has 7 heteroatoms. The molecule has 0 amide bonds. The van der Waals surface area contributed by atoms with Crippen LogP contribution in [0.15, 0.2) is 39.5 Å². The third-order valence-corrected chi connectivity index (χ3v) is 3.59. The number of nitriles is 1. The highest BCUT2D eigenvalue weighted by Gasteiger charge is 2.26. The SMILES string of the molecule is CCOC(=O)CC(c1ccc(C#N)cc1)c1oc(CO)cc(=O)c1O. The molecule has 1 aromatic heterocycles. The number of carbonyl (C=O) groups excluding carboxylic acids is 1. The van der Waals surface area contributed by atoms with Gasteiger partial charge in [-0.05, 0) is 24.6 Å². The quantitative estimate of drug-likeness (QED) is 0.767. The molecular weight excluding hydrogens is 326 g/mol. The number of carbonyl (C=O) groups is 1. The minimum Gasteiger partial charge on any atom is -0.502 e. The molecule has 0 aliphatic carbocycles. The number of aliphatic hydroxyl groups is 1. The van der Waals surface area contributed by atoms with E-state index in [0.29, 0.717) is 11.1 Å². The van der Waals surface area contributed by atoms with Crippen molar-refractivity contribution in [3.05, 3.63) is 63.2 Å². The third-order valence-electron chi connectivity index (χ3n) is 3.59. The van der Waals surface area contributed by atoms with Crippen LogP contribution >= 0.6 is 0 Å². The van der Waals surface area contributed by atoms with Crippen LogP contribution < -0.4 is 5.43 Å². The molecule has 0 saturated heterocycles. The van der Waals surface area contributed by atoms with Crippen LogP contribution in [0.4, 0.5) is 0 Å². The maximum Gasteiger partial charge on any atom is 0.306 e. The Morgan fingerprint density at radius 1 is 1.36 bits per heavy atom. The van der Waals surface area contributed by atoms with Gasteiger partial charge in [0.15, 0.2) is 5.76 Å². The van der Waals surface area contributed by atoms with Gasteiger partial charge >= 0.3 is 5.97 Å². The highest BCUT2D eigenvalue weighted by molar-refractivity contribution is 5.71. The van der Waals surface area contributed by atoms with Crippen LogP contribution in [0, 0.1) is 11.3 Å². The predicted molar refractivity (Wildman–Crippen MR) is 86.8 cm³/mol. The van der Waals surface area contributed by atoms with Crippen molar-refractivity contribution < 1.29 is 24.2 Å². The van der Waals surface area contributed by atoms with Gasteiger partial charge in [0.25, 0.3) is 0 Å². The molecule has 0 aliphatic heterocycles. The molecule has 25 heavy (non-hydrogen) atoms. The highest BCUT2D eigenvalue weighted by Crippen LogP contribution is 2.33. The van der Waals surface area contributed by atoms with E-state index >= 15 is 0 Å². The second-order valence-corrected chi connectivity index (χ2v) is 5.24. The van der Waals surface area contributed by atoms with Crippen molar-refractivity contribution in [1.29, 1.82) is 5.26 Å². The lowest BCUT2D eigenvalue weighted by Crippen LogP contribution is -2.15. The Kier molecular flexibility index (Phi) is 5.93. The van der Waals surface area contributed by atoms with Crippen molar-refractivity contribution in [2.75, 3.05) is 6.61 Å². The van der Waals surface area contributed by atoms with E-state index in [-0.39, 0.29) is 24.5 Å². The normalized spacial score (nSPS) is 11.6. The lowest BCUT2D eigenvalue weighted by atomic mass is 9.91. The van der Waals surface area contributed by atoms with E-state index < -0.39 is 29.7 Å². The van der Waals surface area contributed by atoms with Crippen molar-refractivity contribution in [3.8, 4) is 11.8 Å². The van der Waals surface area contributed by atoms with Crippen molar-refractivity contribution in [2.45, 2.75) is 25.9 Å². The highest BCUT2D eigenvalue weighted by atomic mass is 16.5. The van der Waals surface area contributed by atoms with E-state index in [9.17, 15) is 19.8 Å². The molecule has 0 spiro atoms. The van der Waals surface area contributed by atoms with E-state index in [0.717, 1.165) is 6.07 Å². The van der Waals surface area contributed by atoms with Crippen LogP contribution in [0.2, 0.25) is 0 Å². The lowest BCUT2D eigenvalue weighted by Gasteiger charge is -2.17. The van der Waals surface area contributed by atoms with Gasteiger partial charge in [-0.1, -0.05) is 12.1 Å². The number of aromatic hydroxyl groups is 1. The molecule has 130 valence electrons. The standard InChI is InChI=1S/C18H17NO6/c1-2-24-16(22)8-14(12-5-3-11(9-19)4-6-12)18-17(23)15(21)7-13(10-20)25-18/h3-7,14,20,23H,2,8,10H2,1H3. The minimum atomic E-state index is -0.800. The van der Waals surface area contributed by atoms with Crippen LogP contribution in [0.25, 0.3) is 0 Å². The van der Waals surface area contributed by atoms with Crippen LogP contribution in [-0.2, 0) is 16.1 Å². The summed E-state index contributed by atoms with van der Waals surface area (Å²) in [6.07, 6.45) is -0.175. The van der Waals surface area contributed by atoms with Crippen molar-refractivity contribution in [1.82, 2.24) is 0 Å². The van der Waals surface area contributed by atoms with Crippen LogP contribution in [0.3, 0.4) is 0 Å². The number of esters is 1. The molecule has 2 aromatic rings. The van der Waals surface area contributed by atoms with Gasteiger partial charge in [0.1, 0.15) is 12.4 Å². The van der Waals surface area contributed by atoms with E-state index in [1.54, 1.807) is 31.2 Å². The predicted octanol–water partition coefficient (Wildman–Crippen LogP) is 1.79. The maximum atomic E-state index is 11.9. The smallest absolute Gasteiger partial charge is 0.306 e. The van der Waals surface area contributed by atoms with Gasteiger partial charge in [-0.15, -0.1) is 0 Å². The Morgan fingerprint density at radius 3 is 2.60 bits per heavy atom. The van der Waals surface area contributed by atoms with Crippen LogP contribution in [-0.4, -0.2) is 22.8 Å². The molecule has 0 saturated carbocycles. The molecule has 0 bridgehead atoms. The summed E-state index contributed by atoms with van der Waals surface area (Å²) in [6, 6.07) is 9.29. The Bertz CT molecular complexity index is 847. The van der Waals surface area contributed by atoms with Crippen molar-refractivity contribution in [2.24, 2.45) is 0 Å². The fraction of sp³-hybridized carbons (Fsp3) is 0.278. The summed E-state index contributed by atoms with van der Waals surface area (Å²) in [5.41, 5.74) is 0.266. The van der Waals surface area contributed by atoms with Crippen molar-refractivity contribution in [3.63, 3.8) is 0 Å². The summed E-state index contributed by atoms with van der Waals surface area (Å²) < 4.78 is 10.4. The molecule has 0 aliphatic rings. The first kappa shape index (κ1) is 18.2. The monoisotopic (exact) mass is 343 g/mol. The number of nitrogens with zero attached hydrogens (tertiary/aromatic N) is 1. The van der Waals surface area contributed by atoms with Crippen LogP contribution in [0.1, 0.15) is 41.9 Å². The first-order chi connectivity index (χ1) is 12.0. The first-order valence-corrected chi connectivity index (χ1v) is 7.62. The Hall–Kier alpha value is -3.11. The van der Waals surface area contributed by atoms with E-state index in [2.05, 4.69) is 0 Å². The van der Waals surface area contributed by atoms with E-state index in [4.69, 9.17) is 14.4 Å². The van der Waals surface area contributed by atoms with Gasteiger partial charge in [-0.2, -0.15) is 5.26 Å². The molecule has 0 fully saturated rings. The molecule has 1 atom stereocenters. The number of rotatable bonds is 6. The average Bonchev–Trinajstić information content (AvgIpc) is 2.62. The summed E-state index contributed by atoms with van der Waals surface area (Å²) in [7, 11) is 0. The summed E-state index contributed by atoms with van der Waals surface area (Å²) in [4.78, 5) is 23.8. The molecule has 2 rings (SSSR count). The van der Waals surface area contributed by atoms with Crippen LogP contribution in [0.5, 0.6) is 5.75 Å². The number of hydrogen-bond donors (Lipinski definition) is 2. The molecule has 1 heterocycles. The summed E-state index contributed by atoms with van der Waals surface area (Å²) in [6.45, 7) is 1.33. The topological polar surface area (TPSA) is 121 Å². The largest absolute Gasteiger partial charge is 0.502 e. The van der Waals surface area contributed by atoms with Gasteiger partial charge in [-0.25, -0.2) is 0 Å². The Labute approximate surface area is 143 Å². The number of hydrogen-bond acceptors (Lipinski definition) is 7. The summed E-state index contributed by atoms with van der Waals surface area (Å²) in [5.74, 6) is -2.12. The summed E-state index contributed by atoms with van der Waals surface area (Å²) >= 11 is 0. The molecule has 1 unspecified atom stereocenters. The molecule has 0 radical (unpaired) electrons. The average molecular weight is 343 g/mol. The van der Waals surface area contributed by atoms with Gasteiger partial charge in [0, 0.05) is 6.07 Å². The van der Waals surface area contributed by atoms with E-state index in [1.807, 2.05) is 6.07 Å². The fourth-order valence-electron chi connectivity index (χ4n) is 2.41. The first-order valence-electron chi connectivity index (χ1n) is 7.62. The maximum absolute atomic E-state index is 11.9. The second-order valence-electron chi connectivity index (χ2n) is 5.24. The zero-order valence-corrected chi connectivity index (χ0v) is 13.6. The van der Waals surface area contributed by atoms with E-state index in [1.165, 1.54) is 0 Å². The second kappa shape index (κ2) is 8.13. The zero-order chi connectivity index (χ0) is 18.4. The molecule has 1 aromatic carbocycles. The fourth-order valence-corrected chi connectivity index (χ4v) is 2.41. The minimum absolute atomic E-state index is 0.0275. The van der Waals surface area contributed by atoms with Gasteiger partial charge < -0.3 is 19.4 Å². The van der Waals surface area contributed by atoms with Gasteiger partial charge in [0.2, 0.25) is 11.2 Å². The number of benzene rings is 1. The van der Waals surface area contributed by atoms with Gasteiger partial charge in [0.05, 0.1) is 30.6 Å². The van der Waals surface area contributed by atoms with Gasteiger partial charge in [-0.3, -0.25) is 9.59 Å². The Morgan fingerprint density at radius 2 is 2.04 bits per heavy atom. The molecule has 7 nitrogen and oxygen atoms in total. The van der Waals surface area contributed by atoms with Crippen molar-refractivity contribution >= 4 is 5.97 Å². The number of ether oxygens (including phenoxy) is 1. The lowest BCUT2D eigenvalue weighted by molar-refractivity contribution is -0.143. The summed E-state index contributed by atoms with van der Waals surface area (Å²) in [5, 5.41) is 28.2. The Balaban J connectivity index is 2.54.